The minimum atomic E-state index is 0.180. The maximum Gasteiger partial charge on any atom is 0.233 e. The molecule has 2 aromatic heterocycles. The predicted molar refractivity (Wildman–Crippen MR) is 119 cm³/mol. The van der Waals surface area contributed by atoms with Gasteiger partial charge < -0.3 is 4.90 Å². The number of rotatable bonds is 6. The van der Waals surface area contributed by atoms with Gasteiger partial charge in [-0.2, -0.15) is 0 Å². The van der Waals surface area contributed by atoms with E-state index >= 15 is 0 Å². The largest absolute Gasteiger partial charge is 0.337 e. The molecule has 7 heteroatoms. The van der Waals surface area contributed by atoms with Gasteiger partial charge in [0.2, 0.25) is 5.91 Å². The summed E-state index contributed by atoms with van der Waals surface area (Å²) in [7, 11) is 0. The fourth-order valence-corrected chi connectivity index (χ4v) is 4.94. The van der Waals surface area contributed by atoms with Crippen LogP contribution in [0.3, 0.4) is 0 Å². The number of piperidine rings is 1. The molecule has 1 fully saturated rings. The third kappa shape index (κ3) is 4.56. The van der Waals surface area contributed by atoms with Crippen LogP contribution >= 0.6 is 11.8 Å². The van der Waals surface area contributed by atoms with E-state index in [0.717, 1.165) is 29.4 Å². The Labute approximate surface area is 181 Å². The highest BCUT2D eigenvalue weighted by atomic mass is 32.2. The maximum absolute atomic E-state index is 13.0. The van der Waals surface area contributed by atoms with Crippen molar-refractivity contribution in [3.63, 3.8) is 0 Å². The fraction of sp³-hybridized carbons (Fsp3) is 0.391. The number of carbonyl (C=O) groups excluding carboxylic acids is 1. The smallest absolute Gasteiger partial charge is 0.233 e. The summed E-state index contributed by atoms with van der Waals surface area (Å²) >= 11 is 1.47. The van der Waals surface area contributed by atoms with Crippen LogP contribution in [0.1, 0.15) is 38.7 Å². The number of thioether (sulfide) groups is 1. The SMILES string of the molecule is C[C@H]1CCC[C@H](C)N1C(=O)CSc1nnc(-c2ccncc2)n1Cc1ccccc1. The van der Waals surface area contributed by atoms with Gasteiger partial charge in [-0.1, -0.05) is 42.1 Å². The lowest BCUT2D eigenvalue weighted by atomic mass is 9.98. The molecule has 2 atom stereocenters. The number of hydrogen-bond donors (Lipinski definition) is 0. The summed E-state index contributed by atoms with van der Waals surface area (Å²) in [5, 5.41) is 9.63. The number of aromatic nitrogens is 4. The van der Waals surface area contributed by atoms with E-state index in [4.69, 9.17) is 0 Å². The van der Waals surface area contributed by atoms with Crippen molar-refractivity contribution in [1.82, 2.24) is 24.6 Å². The van der Waals surface area contributed by atoms with Gasteiger partial charge in [-0.05, 0) is 50.8 Å². The molecule has 6 nitrogen and oxygen atoms in total. The Morgan fingerprint density at radius 1 is 1.03 bits per heavy atom. The normalized spacial score (nSPS) is 19.1. The molecule has 0 spiro atoms. The second kappa shape index (κ2) is 9.43. The Morgan fingerprint density at radius 3 is 2.43 bits per heavy atom. The first-order valence-electron chi connectivity index (χ1n) is 10.4. The minimum Gasteiger partial charge on any atom is -0.337 e. The zero-order valence-corrected chi connectivity index (χ0v) is 18.3. The van der Waals surface area contributed by atoms with Crippen LogP contribution in [0.2, 0.25) is 0 Å². The highest BCUT2D eigenvalue weighted by Crippen LogP contribution is 2.27. The van der Waals surface area contributed by atoms with Gasteiger partial charge in [-0.25, -0.2) is 0 Å². The van der Waals surface area contributed by atoms with Crippen LogP contribution in [0, 0.1) is 0 Å². The molecule has 3 aromatic rings. The Bertz CT molecular complexity index is 966. The highest BCUT2D eigenvalue weighted by molar-refractivity contribution is 7.99. The van der Waals surface area contributed by atoms with Crippen LogP contribution in [-0.4, -0.2) is 48.4 Å². The van der Waals surface area contributed by atoms with Crippen molar-refractivity contribution in [2.24, 2.45) is 0 Å². The van der Waals surface area contributed by atoms with E-state index in [1.807, 2.05) is 30.3 Å². The molecular formula is C23H27N5OS. The quantitative estimate of drug-likeness (QED) is 0.556. The molecule has 156 valence electrons. The first kappa shape index (κ1) is 20.6. The molecule has 1 aliphatic rings. The zero-order chi connectivity index (χ0) is 20.9. The molecule has 0 unspecified atom stereocenters. The molecule has 0 radical (unpaired) electrons. The molecule has 0 saturated carbocycles. The molecule has 30 heavy (non-hydrogen) atoms. The third-order valence-electron chi connectivity index (χ3n) is 5.65. The van der Waals surface area contributed by atoms with E-state index in [1.54, 1.807) is 12.4 Å². The van der Waals surface area contributed by atoms with Gasteiger partial charge in [0, 0.05) is 30.0 Å². The summed E-state index contributed by atoms with van der Waals surface area (Å²) in [4.78, 5) is 19.1. The monoisotopic (exact) mass is 421 g/mol. The maximum atomic E-state index is 13.0. The zero-order valence-electron chi connectivity index (χ0n) is 17.4. The lowest BCUT2D eigenvalue weighted by molar-refractivity contribution is -0.134. The van der Waals surface area contributed by atoms with Crippen molar-refractivity contribution in [3.05, 3.63) is 60.4 Å². The van der Waals surface area contributed by atoms with Gasteiger partial charge in [-0.15, -0.1) is 10.2 Å². The van der Waals surface area contributed by atoms with E-state index in [0.29, 0.717) is 24.4 Å². The van der Waals surface area contributed by atoms with Gasteiger partial charge in [0.15, 0.2) is 11.0 Å². The van der Waals surface area contributed by atoms with Crippen LogP contribution in [-0.2, 0) is 11.3 Å². The summed E-state index contributed by atoms with van der Waals surface area (Å²) in [5.74, 6) is 1.34. The van der Waals surface area contributed by atoms with Crippen molar-refractivity contribution in [3.8, 4) is 11.4 Å². The summed E-state index contributed by atoms with van der Waals surface area (Å²) < 4.78 is 2.09. The number of hydrogen-bond acceptors (Lipinski definition) is 5. The Hall–Kier alpha value is -2.67. The number of likely N-dealkylation sites (tertiary alicyclic amines) is 1. The third-order valence-corrected chi connectivity index (χ3v) is 6.60. The summed E-state index contributed by atoms with van der Waals surface area (Å²) in [6, 6.07) is 14.7. The van der Waals surface area contributed by atoms with E-state index in [1.165, 1.54) is 23.7 Å². The topological polar surface area (TPSA) is 63.9 Å². The number of carbonyl (C=O) groups is 1. The number of nitrogens with zero attached hydrogens (tertiary/aromatic N) is 5. The van der Waals surface area contributed by atoms with Crippen LogP contribution in [0.25, 0.3) is 11.4 Å². The molecule has 4 rings (SSSR count). The van der Waals surface area contributed by atoms with Crippen LogP contribution < -0.4 is 0 Å². The molecule has 1 saturated heterocycles. The first-order chi connectivity index (χ1) is 14.6. The Kier molecular flexibility index (Phi) is 6.47. The molecule has 1 aromatic carbocycles. The number of pyridine rings is 1. The number of benzene rings is 1. The number of amides is 1. The molecule has 3 heterocycles. The molecule has 1 aliphatic heterocycles. The lowest BCUT2D eigenvalue weighted by Crippen LogP contribution is -2.48. The standard InChI is InChI=1S/C23H27N5OS/c1-17-7-6-8-18(2)28(17)21(29)16-30-23-26-25-22(20-11-13-24-14-12-20)27(23)15-19-9-4-3-5-10-19/h3-5,9-14,17-18H,6-8,15-16H2,1-2H3/t17-,18-/m0/s1. The van der Waals surface area contributed by atoms with Crippen LogP contribution in [0.4, 0.5) is 0 Å². The molecule has 0 aliphatic carbocycles. The first-order valence-corrected chi connectivity index (χ1v) is 11.4. The van der Waals surface area contributed by atoms with Crippen molar-refractivity contribution in [2.75, 3.05) is 5.75 Å². The average molecular weight is 422 g/mol. The highest BCUT2D eigenvalue weighted by Gasteiger charge is 2.29. The molecule has 0 bridgehead atoms. The van der Waals surface area contributed by atoms with Crippen molar-refractivity contribution >= 4 is 17.7 Å². The predicted octanol–water partition coefficient (Wildman–Crippen LogP) is 4.27. The molecule has 1 amide bonds. The lowest BCUT2D eigenvalue weighted by Gasteiger charge is -2.39. The Balaban J connectivity index is 1.56. The Morgan fingerprint density at radius 2 is 1.73 bits per heavy atom. The molecule has 0 N–H and O–H groups in total. The second-order valence-electron chi connectivity index (χ2n) is 7.83. The van der Waals surface area contributed by atoms with E-state index in [-0.39, 0.29) is 5.91 Å². The van der Waals surface area contributed by atoms with Crippen molar-refractivity contribution in [1.29, 1.82) is 0 Å². The summed E-state index contributed by atoms with van der Waals surface area (Å²) in [6.45, 7) is 4.95. The fourth-order valence-electron chi connectivity index (χ4n) is 4.13. The summed E-state index contributed by atoms with van der Waals surface area (Å²) in [6.07, 6.45) is 6.87. The van der Waals surface area contributed by atoms with Gasteiger partial charge >= 0.3 is 0 Å². The van der Waals surface area contributed by atoms with Gasteiger partial charge in [0.25, 0.3) is 0 Å². The van der Waals surface area contributed by atoms with E-state index in [2.05, 4.69) is 50.6 Å². The van der Waals surface area contributed by atoms with Crippen LogP contribution in [0.15, 0.2) is 60.0 Å². The van der Waals surface area contributed by atoms with E-state index < -0.39 is 0 Å². The van der Waals surface area contributed by atoms with Gasteiger partial charge in [0.05, 0.1) is 12.3 Å². The van der Waals surface area contributed by atoms with Crippen molar-refractivity contribution in [2.45, 2.75) is 56.9 Å². The minimum absolute atomic E-state index is 0.180. The van der Waals surface area contributed by atoms with Crippen molar-refractivity contribution < 1.29 is 4.79 Å². The van der Waals surface area contributed by atoms with E-state index in [9.17, 15) is 4.79 Å². The van der Waals surface area contributed by atoms with Crippen LogP contribution in [0.5, 0.6) is 0 Å². The van der Waals surface area contributed by atoms with Gasteiger partial charge in [0.1, 0.15) is 0 Å². The summed E-state index contributed by atoms with van der Waals surface area (Å²) in [5.41, 5.74) is 2.13. The second-order valence-corrected chi connectivity index (χ2v) is 8.77. The molecular weight excluding hydrogens is 394 g/mol. The average Bonchev–Trinajstić information content (AvgIpc) is 3.16. The van der Waals surface area contributed by atoms with Gasteiger partial charge in [-0.3, -0.25) is 14.3 Å².